The number of ether oxygens (including phenoxy) is 1. The van der Waals surface area contributed by atoms with Crippen molar-refractivity contribution in [2.45, 2.75) is 46.0 Å². The van der Waals surface area contributed by atoms with Crippen LogP contribution in [0.25, 0.3) is 0 Å². The van der Waals surface area contributed by atoms with Crippen molar-refractivity contribution in [3.63, 3.8) is 0 Å². The minimum atomic E-state index is -0.112. The molecule has 2 heteroatoms. The van der Waals surface area contributed by atoms with Gasteiger partial charge in [-0.05, 0) is 44.9 Å². The van der Waals surface area contributed by atoms with Gasteiger partial charge in [-0.3, -0.25) is 4.79 Å². The third kappa shape index (κ3) is 4.37. The summed E-state index contributed by atoms with van der Waals surface area (Å²) in [5.74, 6) is 0.763. The Labute approximate surface area is 105 Å². The monoisotopic (exact) mass is 236 g/mol. The van der Waals surface area contributed by atoms with Gasteiger partial charge >= 0.3 is 5.97 Å². The Kier molecular flexibility index (Phi) is 5.46. The van der Waals surface area contributed by atoms with Crippen LogP contribution in [0.4, 0.5) is 0 Å². The topological polar surface area (TPSA) is 26.3 Å². The van der Waals surface area contributed by atoms with E-state index < -0.39 is 0 Å². The molecule has 1 fully saturated rings. The normalized spacial score (nSPS) is 24.3. The Balaban J connectivity index is 2.56. The van der Waals surface area contributed by atoms with Crippen LogP contribution >= 0.6 is 0 Å². The molecule has 0 saturated heterocycles. The van der Waals surface area contributed by atoms with Gasteiger partial charge in [0.15, 0.2) is 0 Å². The van der Waals surface area contributed by atoms with Gasteiger partial charge in [-0.25, -0.2) is 0 Å². The summed E-state index contributed by atoms with van der Waals surface area (Å²) < 4.78 is 4.74. The van der Waals surface area contributed by atoms with Gasteiger partial charge in [-0.2, -0.15) is 0 Å². The van der Waals surface area contributed by atoms with Gasteiger partial charge in [-0.15, -0.1) is 0 Å². The molecule has 0 radical (unpaired) electrons. The fraction of sp³-hybridized carbons (Fsp3) is 0.667. The van der Waals surface area contributed by atoms with E-state index in [1.807, 2.05) is 0 Å². The van der Waals surface area contributed by atoms with Crippen LogP contribution in [-0.4, -0.2) is 13.1 Å². The van der Waals surface area contributed by atoms with E-state index in [9.17, 15) is 4.79 Å². The van der Waals surface area contributed by atoms with Gasteiger partial charge in [-0.1, -0.05) is 30.2 Å². The summed E-state index contributed by atoms with van der Waals surface area (Å²) in [6.45, 7) is 8.45. The number of hydrogen-bond donors (Lipinski definition) is 0. The highest BCUT2D eigenvalue weighted by atomic mass is 16.5. The van der Waals surface area contributed by atoms with Crippen LogP contribution in [0.5, 0.6) is 0 Å². The van der Waals surface area contributed by atoms with Crippen LogP contribution < -0.4 is 0 Å². The molecule has 1 aliphatic rings. The van der Waals surface area contributed by atoms with E-state index in [1.165, 1.54) is 31.1 Å². The van der Waals surface area contributed by atoms with Crippen LogP contribution in [0.1, 0.15) is 46.0 Å². The van der Waals surface area contributed by atoms with E-state index in [1.54, 1.807) is 0 Å². The molecule has 2 unspecified atom stereocenters. The van der Waals surface area contributed by atoms with Crippen LogP contribution in [-0.2, 0) is 9.53 Å². The van der Waals surface area contributed by atoms with E-state index in [2.05, 4.69) is 26.5 Å². The van der Waals surface area contributed by atoms with E-state index in [0.717, 1.165) is 12.8 Å². The van der Waals surface area contributed by atoms with Crippen molar-refractivity contribution in [2.24, 2.45) is 11.8 Å². The van der Waals surface area contributed by atoms with Gasteiger partial charge in [0.1, 0.15) is 0 Å². The maximum atomic E-state index is 11.3. The lowest BCUT2D eigenvalue weighted by molar-refractivity contribution is -0.141. The molecule has 0 bridgehead atoms. The number of esters is 1. The summed E-state index contributed by atoms with van der Waals surface area (Å²) in [6.07, 6.45) is 7.33. The maximum Gasteiger partial charge on any atom is 0.306 e. The largest absolute Gasteiger partial charge is 0.469 e. The summed E-state index contributed by atoms with van der Waals surface area (Å²) in [6, 6.07) is 0. The molecule has 0 aliphatic heterocycles. The second-order valence-electron chi connectivity index (χ2n) is 5.20. The zero-order valence-electron chi connectivity index (χ0n) is 11.3. The van der Waals surface area contributed by atoms with Gasteiger partial charge in [0.2, 0.25) is 0 Å². The standard InChI is InChI=1S/C15H24O2/c1-11(2)8-9-13-6-5-7-14(12(13)3)10-15(16)17-4/h8,13-14H,3,5-7,9-10H2,1-2,4H3. The Morgan fingerprint density at radius 2 is 2.06 bits per heavy atom. The van der Waals surface area contributed by atoms with Crippen molar-refractivity contribution in [3.05, 3.63) is 23.8 Å². The van der Waals surface area contributed by atoms with Crippen molar-refractivity contribution in [2.75, 3.05) is 7.11 Å². The molecule has 0 amide bonds. The van der Waals surface area contributed by atoms with Crippen molar-refractivity contribution in [3.8, 4) is 0 Å². The van der Waals surface area contributed by atoms with E-state index in [4.69, 9.17) is 4.74 Å². The van der Waals surface area contributed by atoms with E-state index in [-0.39, 0.29) is 5.97 Å². The molecule has 1 rings (SSSR count). The number of hydrogen-bond acceptors (Lipinski definition) is 2. The van der Waals surface area contributed by atoms with Crippen molar-refractivity contribution < 1.29 is 9.53 Å². The Morgan fingerprint density at radius 3 is 2.65 bits per heavy atom. The van der Waals surface area contributed by atoms with Crippen LogP contribution in [0.2, 0.25) is 0 Å². The predicted molar refractivity (Wildman–Crippen MR) is 70.7 cm³/mol. The Hall–Kier alpha value is -1.05. The van der Waals surface area contributed by atoms with Crippen molar-refractivity contribution >= 4 is 5.97 Å². The first kappa shape index (κ1) is 14.0. The summed E-state index contributed by atoms with van der Waals surface area (Å²) in [4.78, 5) is 11.3. The first-order valence-electron chi connectivity index (χ1n) is 6.43. The van der Waals surface area contributed by atoms with Crippen molar-refractivity contribution in [1.82, 2.24) is 0 Å². The highest BCUT2D eigenvalue weighted by Crippen LogP contribution is 2.37. The molecule has 0 aromatic heterocycles. The molecule has 0 aromatic carbocycles. The molecular formula is C15H24O2. The third-order valence-electron chi connectivity index (χ3n) is 3.61. The average molecular weight is 236 g/mol. The lowest BCUT2D eigenvalue weighted by Crippen LogP contribution is -2.21. The van der Waals surface area contributed by atoms with E-state index >= 15 is 0 Å². The third-order valence-corrected chi connectivity index (χ3v) is 3.61. The lowest BCUT2D eigenvalue weighted by Gasteiger charge is -2.31. The lowest BCUT2D eigenvalue weighted by atomic mass is 9.74. The highest BCUT2D eigenvalue weighted by molar-refractivity contribution is 5.70. The van der Waals surface area contributed by atoms with Gasteiger partial charge < -0.3 is 4.74 Å². The minimum absolute atomic E-state index is 0.112. The smallest absolute Gasteiger partial charge is 0.306 e. The zero-order chi connectivity index (χ0) is 12.8. The van der Waals surface area contributed by atoms with E-state index in [0.29, 0.717) is 18.3 Å². The quantitative estimate of drug-likeness (QED) is 0.547. The highest BCUT2D eigenvalue weighted by Gasteiger charge is 2.27. The molecule has 1 aliphatic carbocycles. The number of carbonyl (C=O) groups is 1. The summed E-state index contributed by atoms with van der Waals surface area (Å²) >= 11 is 0. The first-order chi connectivity index (χ1) is 8.04. The molecule has 2 atom stereocenters. The molecule has 96 valence electrons. The minimum Gasteiger partial charge on any atom is -0.469 e. The fourth-order valence-corrected chi connectivity index (χ4v) is 2.48. The number of allylic oxidation sites excluding steroid dienone is 3. The molecule has 0 aromatic rings. The molecule has 0 N–H and O–H groups in total. The molecule has 17 heavy (non-hydrogen) atoms. The number of carbonyl (C=O) groups excluding carboxylic acids is 1. The van der Waals surface area contributed by atoms with Crippen LogP contribution in [0, 0.1) is 11.8 Å². The number of rotatable bonds is 4. The molecule has 2 nitrogen and oxygen atoms in total. The fourth-order valence-electron chi connectivity index (χ4n) is 2.48. The second-order valence-corrected chi connectivity index (χ2v) is 5.20. The zero-order valence-corrected chi connectivity index (χ0v) is 11.3. The van der Waals surface area contributed by atoms with Crippen molar-refractivity contribution in [1.29, 1.82) is 0 Å². The molecule has 0 spiro atoms. The molecule has 0 heterocycles. The first-order valence-corrected chi connectivity index (χ1v) is 6.43. The Morgan fingerprint density at radius 1 is 1.41 bits per heavy atom. The summed E-state index contributed by atoms with van der Waals surface area (Å²) in [7, 11) is 1.45. The second kappa shape index (κ2) is 6.63. The number of methoxy groups -OCH3 is 1. The van der Waals surface area contributed by atoms with Crippen LogP contribution in [0.15, 0.2) is 23.8 Å². The van der Waals surface area contributed by atoms with Gasteiger partial charge in [0, 0.05) is 0 Å². The Bertz CT molecular complexity index is 311. The van der Waals surface area contributed by atoms with Crippen LogP contribution in [0.3, 0.4) is 0 Å². The van der Waals surface area contributed by atoms with Gasteiger partial charge in [0.25, 0.3) is 0 Å². The maximum absolute atomic E-state index is 11.3. The summed E-state index contributed by atoms with van der Waals surface area (Å²) in [5.41, 5.74) is 2.60. The predicted octanol–water partition coefficient (Wildman–Crippen LogP) is 3.88. The van der Waals surface area contributed by atoms with Gasteiger partial charge in [0.05, 0.1) is 13.5 Å². The molecular weight excluding hydrogens is 212 g/mol. The average Bonchev–Trinajstić information content (AvgIpc) is 2.30. The molecule has 1 saturated carbocycles. The SMILES string of the molecule is C=C1C(CC=C(C)C)CCCC1CC(=O)OC. The summed E-state index contributed by atoms with van der Waals surface area (Å²) in [5, 5.41) is 0.